The van der Waals surface area contributed by atoms with E-state index in [0.717, 1.165) is 17.7 Å². The van der Waals surface area contributed by atoms with Gasteiger partial charge in [0, 0.05) is 18.7 Å². The van der Waals surface area contributed by atoms with Gasteiger partial charge in [-0.25, -0.2) is 4.90 Å². The first-order chi connectivity index (χ1) is 14.4. The van der Waals surface area contributed by atoms with Crippen LogP contribution >= 0.6 is 0 Å². The zero-order valence-electron chi connectivity index (χ0n) is 17.8. The fraction of sp³-hybridized carbons (Fsp3) is 0.571. The fourth-order valence-corrected chi connectivity index (χ4v) is 4.11. The van der Waals surface area contributed by atoms with Gasteiger partial charge in [0.15, 0.2) is 11.5 Å². The second-order valence-electron chi connectivity index (χ2n) is 7.26. The molecule has 2 heterocycles. The molecule has 9 heteroatoms. The van der Waals surface area contributed by atoms with Crippen molar-refractivity contribution >= 4 is 23.5 Å². The third kappa shape index (κ3) is 4.07. The highest BCUT2D eigenvalue weighted by molar-refractivity contribution is 6.22. The minimum atomic E-state index is -0.603. The summed E-state index contributed by atoms with van der Waals surface area (Å²) in [6, 6.07) is 2.56. The number of imide groups is 1. The Balaban J connectivity index is 1.84. The number of amides is 2. The van der Waals surface area contributed by atoms with E-state index >= 15 is 0 Å². The number of rotatable bonds is 7. The van der Waals surface area contributed by atoms with E-state index in [-0.39, 0.29) is 30.1 Å². The molecule has 3 rings (SSSR count). The summed E-state index contributed by atoms with van der Waals surface area (Å²) in [5, 5.41) is 0. The van der Waals surface area contributed by atoms with Crippen LogP contribution in [0.1, 0.15) is 26.2 Å². The van der Waals surface area contributed by atoms with Crippen molar-refractivity contribution in [1.29, 1.82) is 0 Å². The third-order valence-corrected chi connectivity index (χ3v) is 5.54. The molecule has 30 heavy (non-hydrogen) atoms. The Morgan fingerprint density at radius 2 is 1.77 bits per heavy atom. The van der Waals surface area contributed by atoms with Crippen LogP contribution in [0.5, 0.6) is 17.2 Å². The molecule has 0 saturated carbocycles. The van der Waals surface area contributed by atoms with Gasteiger partial charge in [0.2, 0.25) is 11.7 Å². The van der Waals surface area contributed by atoms with E-state index in [1.807, 2.05) is 4.90 Å². The summed E-state index contributed by atoms with van der Waals surface area (Å²) >= 11 is 0. The van der Waals surface area contributed by atoms with Crippen molar-refractivity contribution in [3.05, 3.63) is 12.1 Å². The van der Waals surface area contributed by atoms with Crippen LogP contribution in [0.15, 0.2) is 12.1 Å². The molecule has 0 aliphatic carbocycles. The number of piperidine rings is 1. The Labute approximate surface area is 175 Å². The van der Waals surface area contributed by atoms with E-state index in [2.05, 4.69) is 0 Å². The molecule has 2 aliphatic rings. The van der Waals surface area contributed by atoms with E-state index in [0.29, 0.717) is 42.6 Å². The number of esters is 1. The number of hydrogen-bond donors (Lipinski definition) is 0. The van der Waals surface area contributed by atoms with Gasteiger partial charge in [0.25, 0.3) is 5.91 Å². The lowest BCUT2D eigenvalue weighted by atomic mass is 9.96. The zero-order chi connectivity index (χ0) is 21.8. The van der Waals surface area contributed by atoms with Gasteiger partial charge in [0.05, 0.1) is 52.0 Å². The third-order valence-electron chi connectivity index (χ3n) is 5.54. The molecule has 1 aromatic rings. The van der Waals surface area contributed by atoms with Crippen molar-refractivity contribution < 1.29 is 33.3 Å². The van der Waals surface area contributed by atoms with Gasteiger partial charge in [-0.2, -0.15) is 0 Å². The zero-order valence-corrected chi connectivity index (χ0v) is 17.8. The van der Waals surface area contributed by atoms with Crippen LogP contribution in [0, 0.1) is 5.92 Å². The Morgan fingerprint density at radius 3 is 2.33 bits per heavy atom. The molecule has 2 fully saturated rings. The molecule has 0 radical (unpaired) electrons. The SMILES string of the molecule is CCOC(=O)[C@@H]1CCCN([C@H]2CC(=O)N(c3cc(OC)c(OC)c(OC)c3)C2=O)C1. The van der Waals surface area contributed by atoms with Crippen molar-refractivity contribution in [3.63, 3.8) is 0 Å². The van der Waals surface area contributed by atoms with Crippen LogP contribution < -0.4 is 19.1 Å². The Kier molecular flexibility index (Phi) is 6.81. The van der Waals surface area contributed by atoms with Crippen molar-refractivity contribution in [3.8, 4) is 17.2 Å². The van der Waals surface area contributed by atoms with E-state index in [9.17, 15) is 14.4 Å². The number of benzene rings is 1. The molecule has 2 amide bonds. The summed E-state index contributed by atoms with van der Waals surface area (Å²) in [5.74, 6) is -0.0613. The summed E-state index contributed by atoms with van der Waals surface area (Å²) in [4.78, 5) is 41.2. The number of ether oxygens (including phenoxy) is 4. The fourth-order valence-electron chi connectivity index (χ4n) is 4.11. The van der Waals surface area contributed by atoms with Crippen molar-refractivity contribution in [2.75, 3.05) is 45.9 Å². The second kappa shape index (κ2) is 9.34. The number of carbonyl (C=O) groups excluding carboxylic acids is 3. The minimum absolute atomic E-state index is 0.0606. The lowest BCUT2D eigenvalue weighted by Crippen LogP contribution is -2.48. The molecule has 164 valence electrons. The van der Waals surface area contributed by atoms with Crippen molar-refractivity contribution in [1.82, 2.24) is 4.90 Å². The standard InChI is InChI=1S/C21H28N2O7/c1-5-30-21(26)13-7-6-8-22(12-13)15-11-18(24)23(20(15)25)14-9-16(27-2)19(29-4)17(10-14)28-3/h9-10,13,15H,5-8,11-12H2,1-4H3/t13-,15+/m1/s1. The predicted molar refractivity (Wildman–Crippen MR) is 108 cm³/mol. The summed E-state index contributed by atoms with van der Waals surface area (Å²) in [6.07, 6.45) is 1.55. The number of hydrogen-bond acceptors (Lipinski definition) is 8. The van der Waals surface area contributed by atoms with Crippen LogP contribution in [0.3, 0.4) is 0 Å². The maximum absolute atomic E-state index is 13.2. The first-order valence-corrected chi connectivity index (χ1v) is 10.0. The van der Waals surface area contributed by atoms with Crippen molar-refractivity contribution in [2.45, 2.75) is 32.2 Å². The highest BCUT2D eigenvalue weighted by atomic mass is 16.5. The van der Waals surface area contributed by atoms with E-state index < -0.39 is 6.04 Å². The molecular weight excluding hydrogens is 392 g/mol. The quantitative estimate of drug-likeness (QED) is 0.485. The molecule has 2 aliphatic heterocycles. The number of likely N-dealkylation sites (tertiary alicyclic amines) is 1. The van der Waals surface area contributed by atoms with Gasteiger partial charge in [-0.3, -0.25) is 19.3 Å². The molecule has 0 unspecified atom stereocenters. The Hall–Kier alpha value is -2.81. The average molecular weight is 420 g/mol. The van der Waals surface area contributed by atoms with Gasteiger partial charge in [0.1, 0.15) is 0 Å². The van der Waals surface area contributed by atoms with Crippen LogP contribution in [-0.2, 0) is 19.1 Å². The molecule has 9 nitrogen and oxygen atoms in total. The summed E-state index contributed by atoms with van der Waals surface area (Å²) in [6.45, 7) is 3.16. The van der Waals surface area contributed by atoms with Gasteiger partial charge >= 0.3 is 5.97 Å². The molecule has 0 spiro atoms. The number of anilines is 1. The van der Waals surface area contributed by atoms with Gasteiger partial charge < -0.3 is 18.9 Å². The molecule has 2 atom stereocenters. The number of methoxy groups -OCH3 is 3. The second-order valence-corrected chi connectivity index (χ2v) is 7.26. The topological polar surface area (TPSA) is 94.6 Å². The van der Waals surface area contributed by atoms with Crippen LogP contribution in [-0.4, -0.2) is 69.8 Å². The normalized spacial score (nSPS) is 22.2. The lowest BCUT2D eigenvalue weighted by molar-refractivity contribution is -0.150. The molecule has 0 bridgehead atoms. The van der Waals surface area contributed by atoms with Crippen LogP contribution in [0.25, 0.3) is 0 Å². The highest BCUT2D eigenvalue weighted by Gasteiger charge is 2.45. The predicted octanol–water partition coefficient (Wildman–Crippen LogP) is 1.62. The summed E-state index contributed by atoms with van der Waals surface area (Å²) in [7, 11) is 4.43. The van der Waals surface area contributed by atoms with E-state index in [1.54, 1.807) is 19.1 Å². The molecule has 2 saturated heterocycles. The summed E-state index contributed by atoms with van der Waals surface area (Å²) < 4.78 is 21.1. The van der Waals surface area contributed by atoms with Crippen LogP contribution in [0.4, 0.5) is 5.69 Å². The Bertz CT molecular complexity index is 801. The van der Waals surface area contributed by atoms with Crippen LogP contribution in [0.2, 0.25) is 0 Å². The maximum atomic E-state index is 13.2. The molecule has 1 aromatic carbocycles. The lowest BCUT2D eigenvalue weighted by Gasteiger charge is -2.34. The van der Waals surface area contributed by atoms with E-state index in [1.165, 1.54) is 21.3 Å². The minimum Gasteiger partial charge on any atom is -0.493 e. The van der Waals surface area contributed by atoms with Gasteiger partial charge in [-0.15, -0.1) is 0 Å². The molecular formula is C21H28N2O7. The monoisotopic (exact) mass is 420 g/mol. The number of nitrogens with zero attached hydrogens (tertiary/aromatic N) is 2. The maximum Gasteiger partial charge on any atom is 0.310 e. The first kappa shape index (κ1) is 21.9. The first-order valence-electron chi connectivity index (χ1n) is 10.0. The van der Waals surface area contributed by atoms with Gasteiger partial charge in [-0.1, -0.05) is 0 Å². The molecule has 0 aromatic heterocycles. The largest absolute Gasteiger partial charge is 0.493 e. The number of carbonyl (C=O) groups is 3. The van der Waals surface area contributed by atoms with Gasteiger partial charge in [-0.05, 0) is 26.3 Å². The van der Waals surface area contributed by atoms with Crippen molar-refractivity contribution in [2.24, 2.45) is 5.92 Å². The average Bonchev–Trinajstić information content (AvgIpc) is 3.06. The van der Waals surface area contributed by atoms with E-state index in [4.69, 9.17) is 18.9 Å². The molecule has 0 N–H and O–H groups in total. The smallest absolute Gasteiger partial charge is 0.310 e. The Morgan fingerprint density at radius 1 is 1.10 bits per heavy atom. The highest BCUT2D eigenvalue weighted by Crippen LogP contribution is 2.42. The summed E-state index contributed by atoms with van der Waals surface area (Å²) in [5.41, 5.74) is 0.362.